The first-order valence-electron chi connectivity index (χ1n) is 6.40. The number of rotatable bonds is 5. The van der Waals surface area contributed by atoms with E-state index in [1.165, 1.54) is 12.1 Å². The summed E-state index contributed by atoms with van der Waals surface area (Å²) in [4.78, 5) is 22.4. The van der Waals surface area contributed by atoms with E-state index in [2.05, 4.69) is 16.0 Å². The van der Waals surface area contributed by atoms with Gasteiger partial charge in [-0.2, -0.15) is 0 Å². The van der Waals surface area contributed by atoms with Crippen LogP contribution < -0.4 is 16.0 Å². The second-order valence-corrected chi connectivity index (χ2v) is 7.16. The molecule has 23 heavy (non-hydrogen) atoms. The quantitative estimate of drug-likeness (QED) is 0.346. The third-order valence-corrected chi connectivity index (χ3v) is 3.47. The maximum atomic E-state index is 11.5. The van der Waals surface area contributed by atoms with Crippen molar-refractivity contribution in [3.05, 3.63) is 29.8 Å². The van der Waals surface area contributed by atoms with Gasteiger partial charge < -0.3 is 21.1 Å². The molecule has 0 fully saturated rings. The first-order chi connectivity index (χ1) is 10.6. The molecule has 1 aromatic carbocycles. The van der Waals surface area contributed by atoms with Crippen LogP contribution in [0.1, 0.15) is 23.7 Å². The average molecular weight is 399 g/mol. The Morgan fingerprint density at radius 2 is 1.96 bits per heavy atom. The number of amides is 1. The zero-order valence-electron chi connectivity index (χ0n) is 11.9. The molecule has 0 spiro atoms. The molecular formula is C13H14Cl3N3O3S. The highest BCUT2D eigenvalue weighted by molar-refractivity contribution is 7.80. The van der Waals surface area contributed by atoms with Crippen molar-refractivity contribution in [3.8, 4) is 0 Å². The van der Waals surface area contributed by atoms with E-state index in [4.69, 9.17) is 52.1 Å². The van der Waals surface area contributed by atoms with Crippen LogP contribution in [0.2, 0.25) is 0 Å². The number of nitrogens with one attached hydrogen (secondary N) is 3. The summed E-state index contributed by atoms with van der Waals surface area (Å²) in [6, 6.07) is 6.01. The highest BCUT2D eigenvalue weighted by Gasteiger charge is 2.34. The second-order valence-electron chi connectivity index (χ2n) is 4.38. The fourth-order valence-electron chi connectivity index (χ4n) is 1.49. The number of halogens is 3. The van der Waals surface area contributed by atoms with Crippen molar-refractivity contribution >= 4 is 69.7 Å². The molecule has 1 amide bonds. The third-order valence-electron chi connectivity index (χ3n) is 2.60. The van der Waals surface area contributed by atoms with Crippen molar-refractivity contribution in [1.29, 1.82) is 0 Å². The first-order valence-corrected chi connectivity index (χ1v) is 7.94. The van der Waals surface area contributed by atoms with Gasteiger partial charge in [-0.3, -0.25) is 4.79 Å². The number of carbonyl (C=O) groups excluding carboxylic acids is 1. The molecule has 0 bridgehead atoms. The Balaban J connectivity index is 2.77. The number of hydrogen-bond donors (Lipinski definition) is 4. The van der Waals surface area contributed by atoms with Crippen molar-refractivity contribution in [2.75, 3.05) is 5.32 Å². The minimum atomic E-state index is -1.83. The molecule has 1 aromatic rings. The third kappa shape index (κ3) is 6.78. The van der Waals surface area contributed by atoms with Crippen LogP contribution in [0.4, 0.5) is 5.69 Å². The van der Waals surface area contributed by atoms with Crippen LogP contribution in [0.25, 0.3) is 0 Å². The Kier molecular flexibility index (Phi) is 7.34. The molecule has 10 heteroatoms. The summed E-state index contributed by atoms with van der Waals surface area (Å²) in [7, 11) is 0. The summed E-state index contributed by atoms with van der Waals surface area (Å²) >= 11 is 22.5. The molecule has 126 valence electrons. The predicted octanol–water partition coefficient (Wildman–Crippen LogP) is 2.89. The van der Waals surface area contributed by atoms with Gasteiger partial charge in [0.1, 0.15) is 6.17 Å². The molecule has 1 unspecified atom stereocenters. The SMILES string of the molecule is CCC(=O)NC(NC(=S)Nc1cccc(C(=O)O)c1)C(Cl)(Cl)Cl. The van der Waals surface area contributed by atoms with E-state index >= 15 is 0 Å². The minimum Gasteiger partial charge on any atom is -0.478 e. The van der Waals surface area contributed by atoms with Crippen molar-refractivity contribution in [2.45, 2.75) is 23.3 Å². The molecule has 0 heterocycles. The number of carboxylic acid groups (broad SMARTS) is 1. The summed E-state index contributed by atoms with van der Waals surface area (Å²) < 4.78 is -1.83. The lowest BCUT2D eigenvalue weighted by atomic mass is 10.2. The Labute approximate surface area is 153 Å². The lowest BCUT2D eigenvalue weighted by Crippen LogP contribution is -2.56. The van der Waals surface area contributed by atoms with Crippen LogP contribution in [0.3, 0.4) is 0 Å². The van der Waals surface area contributed by atoms with Gasteiger partial charge in [0.15, 0.2) is 5.11 Å². The molecule has 4 N–H and O–H groups in total. The van der Waals surface area contributed by atoms with Crippen molar-refractivity contribution < 1.29 is 14.7 Å². The standard InChI is InChI=1S/C13H14Cl3N3O3S/c1-2-9(20)18-11(13(14,15)16)19-12(23)17-8-5-3-4-7(6-8)10(21)22/h3-6,11H,2H2,1H3,(H,18,20)(H,21,22)(H2,17,19,23). The molecule has 0 aliphatic heterocycles. The van der Waals surface area contributed by atoms with Crippen LogP contribution >= 0.6 is 47.0 Å². The fraction of sp³-hybridized carbons (Fsp3) is 0.308. The predicted molar refractivity (Wildman–Crippen MR) is 95.3 cm³/mol. The van der Waals surface area contributed by atoms with Gasteiger partial charge in [-0.15, -0.1) is 0 Å². The molecule has 1 atom stereocenters. The van der Waals surface area contributed by atoms with E-state index in [1.807, 2.05) is 0 Å². The van der Waals surface area contributed by atoms with Crippen molar-refractivity contribution in [1.82, 2.24) is 10.6 Å². The van der Waals surface area contributed by atoms with Crippen LogP contribution in [-0.4, -0.2) is 32.1 Å². The zero-order chi connectivity index (χ0) is 17.6. The molecule has 0 saturated carbocycles. The van der Waals surface area contributed by atoms with Crippen LogP contribution in [0, 0.1) is 0 Å². The highest BCUT2D eigenvalue weighted by atomic mass is 35.6. The fourth-order valence-corrected chi connectivity index (χ4v) is 2.05. The lowest BCUT2D eigenvalue weighted by molar-refractivity contribution is -0.121. The molecule has 0 aromatic heterocycles. The normalized spacial score (nSPS) is 12.2. The highest BCUT2D eigenvalue weighted by Crippen LogP contribution is 2.29. The summed E-state index contributed by atoms with van der Waals surface area (Å²) in [5, 5.41) is 16.9. The number of alkyl halides is 3. The lowest BCUT2D eigenvalue weighted by Gasteiger charge is -2.27. The molecular weight excluding hydrogens is 385 g/mol. The first kappa shape index (κ1) is 19.8. The van der Waals surface area contributed by atoms with E-state index in [-0.39, 0.29) is 23.0 Å². The molecule has 6 nitrogen and oxygen atoms in total. The van der Waals surface area contributed by atoms with E-state index in [1.54, 1.807) is 19.1 Å². The van der Waals surface area contributed by atoms with Crippen molar-refractivity contribution in [3.63, 3.8) is 0 Å². The molecule has 0 aliphatic carbocycles. The Morgan fingerprint density at radius 1 is 1.30 bits per heavy atom. The summed E-state index contributed by atoms with van der Waals surface area (Å²) in [5.41, 5.74) is 0.530. The number of aromatic carboxylic acids is 1. The number of carbonyl (C=O) groups is 2. The Bertz CT molecular complexity index is 608. The zero-order valence-corrected chi connectivity index (χ0v) is 15.0. The largest absolute Gasteiger partial charge is 0.478 e. The smallest absolute Gasteiger partial charge is 0.335 e. The summed E-state index contributed by atoms with van der Waals surface area (Å²) in [5.74, 6) is -1.40. The van der Waals surface area contributed by atoms with Gasteiger partial charge in [-0.1, -0.05) is 47.8 Å². The maximum Gasteiger partial charge on any atom is 0.335 e. The van der Waals surface area contributed by atoms with Gasteiger partial charge in [0, 0.05) is 12.1 Å². The number of thiocarbonyl (C=S) groups is 1. The van der Waals surface area contributed by atoms with Gasteiger partial charge in [-0.05, 0) is 30.4 Å². The average Bonchev–Trinajstić information content (AvgIpc) is 2.45. The Morgan fingerprint density at radius 3 is 2.48 bits per heavy atom. The van der Waals surface area contributed by atoms with E-state index < -0.39 is 15.9 Å². The molecule has 0 radical (unpaired) electrons. The number of benzene rings is 1. The van der Waals surface area contributed by atoms with E-state index in [9.17, 15) is 9.59 Å². The maximum absolute atomic E-state index is 11.5. The van der Waals surface area contributed by atoms with Crippen LogP contribution in [0.5, 0.6) is 0 Å². The van der Waals surface area contributed by atoms with Gasteiger partial charge in [0.25, 0.3) is 0 Å². The monoisotopic (exact) mass is 397 g/mol. The second kappa shape index (κ2) is 8.54. The number of anilines is 1. The van der Waals surface area contributed by atoms with Crippen molar-refractivity contribution in [2.24, 2.45) is 0 Å². The molecule has 1 rings (SSSR count). The van der Waals surface area contributed by atoms with Gasteiger partial charge >= 0.3 is 5.97 Å². The minimum absolute atomic E-state index is 0.0558. The van der Waals surface area contributed by atoms with Gasteiger partial charge in [0.2, 0.25) is 9.70 Å². The topological polar surface area (TPSA) is 90.5 Å². The van der Waals surface area contributed by atoms with E-state index in [0.717, 1.165) is 0 Å². The molecule has 0 saturated heterocycles. The van der Waals surface area contributed by atoms with Crippen LogP contribution in [-0.2, 0) is 4.79 Å². The van der Waals surface area contributed by atoms with Crippen LogP contribution in [0.15, 0.2) is 24.3 Å². The Hall–Kier alpha value is -1.28. The van der Waals surface area contributed by atoms with E-state index in [0.29, 0.717) is 5.69 Å². The van der Waals surface area contributed by atoms with Gasteiger partial charge in [-0.25, -0.2) is 4.79 Å². The number of carboxylic acids is 1. The number of hydrogen-bond acceptors (Lipinski definition) is 3. The molecule has 0 aliphatic rings. The van der Waals surface area contributed by atoms with Gasteiger partial charge in [0.05, 0.1) is 5.56 Å². The summed E-state index contributed by atoms with van der Waals surface area (Å²) in [6.07, 6.45) is -0.845. The summed E-state index contributed by atoms with van der Waals surface area (Å²) in [6.45, 7) is 1.65.